The molecule has 0 spiro atoms. The van der Waals surface area contributed by atoms with Crippen LogP contribution < -0.4 is 4.74 Å². The molecule has 2 aromatic carbocycles. The van der Waals surface area contributed by atoms with E-state index in [0.717, 1.165) is 0 Å². The number of nitro benzene ring substituents is 1. The summed E-state index contributed by atoms with van der Waals surface area (Å²) >= 11 is 6.03. The first-order valence-electron chi connectivity index (χ1n) is 5.65. The van der Waals surface area contributed by atoms with Crippen LogP contribution in [0.1, 0.15) is 15.9 Å². The van der Waals surface area contributed by atoms with E-state index < -0.39 is 4.92 Å². The van der Waals surface area contributed by atoms with Crippen LogP contribution in [-0.4, -0.2) is 17.8 Å². The lowest BCUT2D eigenvalue weighted by molar-refractivity contribution is -0.384. The second-order valence-corrected chi connectivity index (χ2v) is 4.39. The number of ketones is 1. The average molecular weight is 292 g/mol. The zero-order chi connectivity index (χ0) is 14.7. The molecule has 0 aliphatic carbocycles. The Morgan fingerprint density at radius 3 is 2.35 bits per heavy atom. The Morgan fingerprint density at radius 2 is 1.85 bits per heavy atom. The minimum atomic E-state index is -0.519. The van der Waals surface area contributed by atoms with Gasteiger partial charge in [0.1, 0.15) is 5.75 Å². The Balaban J connectivity index is 2.33. The van der Waals surface area contributed by atoms with Gasteiger partial charge in [-0.3, -0.25) is 14.9 Å². The first-order valence-corrected chi connectivity index (χ1v) is 6.03. The van der Waals surface area contributed by atoms with Crippen molar-refractivity contribution in [3.63, 3.8) is 0 Å². The number of carbonyl (C=O) groups excluding carboxylic acids is 1. The molecule has 20 heavy (non-hydrogen) atoms. The molecule has 0 aromatic heterocycles. The lowest BCUT2D eigenvalue weighted by Gasteiger charge is -2.06. The van der Waals surface area contributed by atoms with E-state index in [2.05, 4.69) is 0 Å². The van der Waals surface area contributed by atoms with Gasteiger partial charge >= 0.3 is 0 Å². The molecule has 0 saturated heterocycles. The van der Waals surface area contributed by atoms with Gasteiger partial charge in [0.05, 0.1) is 17.1 Å². The van der Waals surface area contributed by atoms with Crippen molar-refractivity contribution in [2.75, 3.05) is 7.11 Å². The highest BCUT2D eigenvalue weighted by molar-refractivity contribution is 6.35. The standard InChI is InChI=1S/C14H10ClNO4/c1-20-11-6-7-12(13(15)8-11)14(17)9-2-4-10(5-3-9)16(18)19/h2-8H,1H3. The summed E-state index contributed by atoms with van der Waals surface area (Å²) in [4.78, 5) is 22.3. The predicted molar refractivity (Wildman–Crippen MR) is 74.5 cm³/mol. The number of hydrogen-bond acceptors (Lipinski definition) is 4. The fraction of sp³-hybridized carbons (Fsp3) is 0.0714. The van der Waals surface area contributed by atoms with Gasteiger partial charge in [-0.15, -0.1) is 0 Å². The number of non-ortho nitro benzene ring substituents is 1. The number of methoxy groups -OCH3 is 1. The first kappa shape index (κ1) is 14.0. The fourth-order valence-corrected chi connectivity index (χ4v) is 1.95. The molecule has 102 valence electrons. The minimum Gasteiger partial charge on any atom is -0.497 e. The van der Waals surface area contributed by atoms with Crippen LogP contribution in [0.15, 0.2) is 42.5 Å². The van der Waals surface area contributed by atoms with Crippen molar-refractivity contribution in [1.29, 1.82) is 0 Å². The lowest BCUT2D eigenvalue weighted by atomic mass is 10.0. The molecule has 0 aliphatic rings. The molecule has 0 unspecified atom stereocenters. The summed E-state index contributed by atoms with van der Waals surface area (Å²) in [6.45, 7) is 0. The SMILES string of the molecule is COc1ccc(C(=O)c2ccc([N+](=O)[O-])cc2)c(Cl)c1. The Bertz CT molecular complexity index is 667. The summed E-state index contributed by atoms with van der Waals surface area (Å²) in [6, 6.07) is 10.1. The number of benzene rings is 2. The van der Waals surface area contributed by atoms with E-state index >= 15 is 0 Å². The van der Waals surface area contributed by atoms with Gasteiger partial charge in [-0.1, -0.05) is 11.6 Å². The number of carbonyl (C=O) groups is 1. The molecule has 2 rings (SSSR count). The van der Waals surface area contributed by atoms with Crippen LogP contribution in [0.2, 0.25) is 5.02 Å². The van der Waals surface area contributed by atoms with Gasteiger partial charge in [-0.2, -0.15) is 0 Å². The molecular weight excluding hydrogens is 282 g/mol. The summed E-state index contributed by atoms with van der Waals surface area (Å²) in [5.41, 5.74) is 0.589. The van der Waals surface area contributed by atoms with Crippen molar-refractivity contribution in [3.05, 3.63) is 68.7 Å². The molecular formula is C14H10ClNO4. The molecule has 0 N–H and O–H groups in total. The summed E-state index contributed by atoms with van der Waals surface area (Å²) in [7, 11) is 1.50. The highest BCUT2D eigenvalue weighted by Gasteiger charge is 2.15. The molecule has 0 radical (unpaired) electrons. The van der Waals surface area contributed by atoms with E-state index in [1.165, 1.54) is 31.4 Å². The van der Waals surface area contributed by atoms with Crippen molar-refractivity contribution < 1.29 is 14.5 Å². The first-order chi connectivity index (χ1) is 9.52. The third-order valence-corrected chi connectivity index (χ3v) is 3.07. The largest absolute Gasteiger partial charge is 0.497 e. The number of hydrogen-bond donors (Lipinski definition) is 0. The van der Waals surface area contributed by atoms with E-state index in [1.54, 1.807) is 18.2 Å². The van der Waals surface area contributed by atoms with Crippen LogP contribution in [0.25, 0.3) is 0 Å². The van der Waals surface area contributed by atoms with Crippen LogP contribution in [0.4, 0.5) is 5.69 Å². The van der Waals surface area contributed by atoms with Crippen LogP contribution >= 0.6 is 11.6 Å². The highest BCUT2D eigenvalue weighted by Crippen LogP contribution is 2.25. The van der Waals surface area contributed by atoms with Crippen LogP contribution in [0.3, 0.4) is 0 Å². The Hall–Kier alpha value is -2.40. The lowest BCUT2D eigenvalue weighted by Crippen LogP contribution is -2.02. The Labute approximate surface area is 119 Å². The molecule has 0 heterocycles. The van der Waals surface area contributed by atoms with Gasteiger partial charge in [-0.05, 0) is 30.3 Å². The zero-order valence-electron chi connectivity index (χ0n) is 10.5. The maximum atomic E-state index is 12.3. The van der Waals surface area contributed by atoms with Crippen molar-refractivity contribution in [2.45, 2.75) is 0 Å². The fourth-order valence-electron chi connectivity index (χ4n) is 1.70. The Morgan fingerprint density at radius 1 is 1.20 bits per heavy atom. The third-order valence-electron chi connectivity index (χ3n) is 2.76. The van der Waals surface area contributed by atoms with Gasteiger partial charge < -0.3 is 4.74 Å². The van der Waals surface area contributed by atoms with E-state index in [9.17, 15) is 14.9 Å². The molecule has 0 saturated carbocycles. The smallest absolute Gasteiger partial charge is 0.269 e. The molecule has 0 atom stereocenters. The second kappa shape index (κ2) is 5.71. The maximum Gasteiger partial charge on any atom is 0.269 e. The second-order valence-electron chi connectivity index (χ2n) is 3.98. The normalized spacial score (nSPS) is 10.1. The molecule has 0 amide bonds. The minimum absolute atomic E-state index is 0.0672. The number of nitrogens with zero attached hydrogens (tertiary/aromatic N) is 1. The molecule has 0 aliphatic heterocycles. The maximum absolute atomic E-state index is 12.3. The Kier molecular flexibility index (Phi) is 4.00. The molecule has 6 heteroatoms. The van der Waals surface area contributed by atoms with Crippen LogP contribution in [0, 0.1) is 10.1 Å². The van der Waals surface area contributed by atoms with Crippen molar-refractivity contribution >= 4 is 23.1 Å². The van der Waals surface area contributed by atoms with Gasteiger partial charge in [-0.25, -0.2) is 0 Å². The topological polar surface area (TPSA) is 69.4 Å². The third kappa shape index (κ3) is 2.78. The van der Waals surface area contributed by atoms with Crippen LogP contribution in [-0.2, 0) is 0 Å². The predicted octanol–water partition coefficient (Wildman–Crippen LogP) is 3.49. The molecule has 5 nitrogen and oxygen atoms in total. The van der Waals surface area contributed by atoms with E-state index in [-0.39, 0.29) is 16.5 Å². The number of ether oxygens (including phenoxy) is 1. The molecule has 2 aromatic rings. The summed E-state index contributed by atoms with van der Waals surface area (Å²) in [5, 5.41) is 10.8. The van der Waals surface area contributed by atoms with E-state index in [4.69, 9.17) is 16.3 Å². The average Bonchev–Trinajstić information content (AvgIpc) is 2.46. The summed E-state index contributed by atoms with van der Waals surface area (Å²) in [6.07, 6.45) is 0. The number of rotatable bonds is 4. The molecule has 0 fully saturated rings. The van der Waals surface area contributed by atoms with Crippen molar-refractivity contribution in [1.82, 2.24) is 0 Å². The van der Waals surface area contributed by atoms with Gasteiger partial charge in [0, 0.05) is 23.3 Å². The zero-order valence-corrected chi connectivity index (χ0v) is 11.3. The van der Waals surface area contributed by atoms with E-state index in [1.807, 2.05) is 0 Å². The number of halogens is 1. The van der Waals surface area contributed by atoms with Crippen LogP contribution in [0.5, 0.6) is 5.75 Å². The van der Waals surface area contributed by atoms with Crippen molar-refractivity contribution in [3.8, 4) is 5.75 Å². The van der Waals surface area contributed by atoms with Gasteiger partial charge in [0.2, 0.25) is 0 Å². The monoisotopic (exact) mass is 291 g/mol. The van der Waals surface area contributed by atoms with E-state index in [0.29, 0.717) is 16.9 Å². The summed E-state index contributed by atoms with van der Waals surface area (Å²) in [5.74, 6) is 0.253. The van der Waals surface area contributed by atoms with Gasteiger partial charge in [0.25, 0.3) is 5.69 Å². The molecule has 0 bridgehead atoms. The van der Waals surface area contributed by atoms with Crippen molar-refractivity contribution in [2.24, 2.45) is 0 Å². The quantitative estimate of drug-likeness (QED) is 0.491. The summed E-state index contributed by atoms with van der Waals surface area (Å²) < 4.78 is 5.01. The number of nitro groups is 1. The highest BCUT2D eigenvalue weighted by atomic mass is 35.5. The van der Waals surface area contributed by atoms with Gasteiger partial charge in [0.15, 0.2) is 5.78 Å².